The van der Waals surface area contributed by atoms with Crippen molar-refractivity contribution in [2.24, 2.45) is 11.7 Å². The van der Waals surface area contributed by atoms with E-state index in [0.717, 1.165) is 12.4 Å². The zero-order valence-electron chi connectivity index (χ0n) is 7.99. The minimum absolute atomic E-state index is 0.442. The van der Waals surface area contributed by atoms with Gasteiger partial charge >= 0.3 is 0 Å². The van der Waals surface area contributed by atoms with Gasteiger partial charge < -0.3 is 10.3 Å². The summed E-state index contributed by atoms with van der Waals surface area (Å²) in [7, 11) is 0. The van der Waals surface area contributed by atoms with Crippen molar-refractivity contribution in [3.8, 4) is 0 Å². The van der Waals surface area contributed by atoms with E-state index in [4.69, 9.17) is 5.73 Å². The van der Waals surface area contributed by atoms with Crippen LogP contribution in [0.15, 0.2) is 12.4 Å². The molecule has 1 heterocycles. The highest BCUT2D eigenvalue weighted by Crippen LogP contribution is 2.17. The molecule has 0 bridgehead atoms. The monoisotopic (exact) mass is 167 g/mol. The molecule has 0 spiro atoms. The molecule has 0 radical (unpaired) electrons. The van der Waals surface area contributed by atoms with Gasteiger partial charge in [0.25, 0.3) is 0 Å². The number of nitrogens with zero attached hydrogens (tertiary/aromatic N) is 2. The van der Waals surface area contributed by atoms with E-state index < -0.39 is 0 Å². The third-order valence-electron chi connectivity index (χ3n) is 2.50. The van der Waals surface area contributed by atoms with Crippen LogP contribution >= 0.6 is 0 Å². The smallest absolute Gasteiger partial charge is 0.105 e. The summed E-state index contributed by atoms with van der Waals surface area (Å²) in [6.45, 7) is 7.06. The molecule has 0 aromatic carbocycles. The minimum atomic E-state index is 0.442. The van der Waals surface area contributed by atoms with E-state index in [1.54, 1.807) is 0 Å². The Kier molecular flexibility index (Phi) is 2.87. The summed E-state index contributed by atoms with van der Waals surface area (Å²) in [6.07, 6.45) is 3.83. The van der Waals surface area contributed by atoms with Crippen molar-refractivity contribution in [2.45, 2.75) is 26.8 Å². The normalized spacial score (nSPS) is 16.0. The molecule has 0 saturated heterocycles. The van der Waals surface area contributed by atoms with Gasteiger partial charge in [-0.15, -0.1) is 0 Å². The summed E-state index contributed by atoms with van der Waals surface area (Å²) in [5.74, 6) is 1.56. The van der Waals surface area contributed by atoms with Gasteiger partial charge in [0.2, 0.25) is 0 Å². The van der Waals surface area contributed by atoms with Crippen LogP contribution in [0.25, 0.3) is 0 Å². The van der Waals surface area contributed by atoms with Crippen LogP contribution in [0.2, 0.25) is 0 Å². The van der Waals surface area contributed by atoms with Crippen LogP contribution in [-0.4, -0.2) is 16.1 Å². The molecule has 2 atom stereocenters. The fourth-order valence-electron chi connectivity index (χ4n) is 1.29. The lowest BCUT2D eigenvalue weighted by atomic mass is 10.0. The van der Waals surface area contributed by atoms with Crippen LogP contribution in [0.3, 0.4) is 0 Å². The average molecular weight is 167 g/mol. The molecular formula is C9H17N3. The molecule has 0 aliphatic rings. The van der Waals surface area contributed by atoms with Gasteiger partial charge in [0, 0.05) is 18.4 Å². The first-order chi connectivity index (χ1) is 5.66. The topological polar surface area (TPSA) is 43.8 Å². The molecule has 3 nitrogen and oxygen atoms in total. The van der Waals surface area contributed by atoms with Crippen molar-refractivity contribution < 1.29 is 0 Å². The van der Waals surface area contributed by atoms with E-state index in [9.17, 15) is 0 Å². The van der Waals surface area contributed by atoms with Gasteiger partial charge in [-0.1, -0.05) is 6.92 Å². The summed E-state index contributed by atoms with van der Waals surface area (Å²) < 4.78 is 2.16. The fraction of sp³-hybridized carbons (Fsp3) is 0.667. The minimum Gasteiger partial charge on any atom is -0.332 e. The Bertz CT molecular complexity index is 242. The van der Waals surface area contributed by atoms with Crippen LogP contribution in [-0.2, 0) is 0 Å². The molecule has 68 valence electrons. The summed E-state index contributed by atoms with van der Waals surface area (Å²) in [5.41, 5.74) is 5.60. The number of rotatable bonds is 3. The quantitative estimate of drug-likeness (QED) is 0.738. The van der Waals surface area contributed by atoms with Crippen molar-refractivity contribution in [3.63, 3.8) is 0 Å². The van der Waals surface area contributed by atoms with Gasteiger partial charge in [-0.3, -0.25) is 0 Å². The molecule has 1 rings (SSSR count). The molecule has 0 amide bonds. The maximum Gasteiger partial charge on any atom is 0.105 e. The third kappa shape index (κ3) is 1.67. The van der Waals surface area contributed by atoms with Gasteiger partial charge in [0.1, 0.15) is 5.82 Å². The van der Waals surface area contributed by atoms with Crippen molar-refractivity contribution in [1.82, 2.24) is 9.55 Å². The lowest BCUT2D eigenvalue weighted by Gasteiger charge is -2.20. The molecule has 12 heavy (non-hydrogen) atoms. The summed E-state index contributed by atoms with van der Waals surface area (Å²) in [4.78, 5) is 4.18. The van der Waals surface area contributed by atoms with Gasteiger partial charge in [-0.2, -0.15) is 0 Å². The summed E-state index contributed by atoms with van der Waals surface area (Å²) in [6, 6.07) is 0.442. The lowest BCUT2D eigenvalue weighted by molar-refractivity contribution is 0.381. The van der Waals surface area contributed by atoms with Crippen LogP contribution < -0.4 is 5.73 Å². The first kappa shape index (κ1) is 9.26. The highest BCUT2D eigenvalue weighted by Gasteiger charge is 2.13. The predicted octanol–water partition coefficient (Wildman–Crippen LogP) is 1.35. The van der Waals surface area contributed by atoms with Gasteiger partial charge in [-0.25, -0.2) is 4.98 Å². The summed E-state index contributed by atoms with van der Waals surface area (Å²) in [5, 5.41) is 0. The molecule has 3 heteroatoms. The van der Waals surface area contributed by atoms with Crippen LogP contribution in [0.1, 0.15) is 25.7 Å². The molecular weight excluding hydrogens is 150 g/mol. The fourth-order valence-corrected chi connectivity index (χ4v) is 1.29. The average Bonchev–Trinajstić information content (AvgIpc) is 2.48. The molecule has 0 saturated carbocycles. The number of nitrogens with two attached hydrogens (primary N) is 1. The Labute approximate surface area is 73.6 Å². The Morgan fingerprint density at radius 2 is 2.25 bits per heavy atom. The van der Waals surface area contributed by atoms with E-state index in [1.165, 1.54) is 0 Å². The van der Waals surface area contributed by atoms with Gasteiger partial charge in [0.15, 0.2) is 0 Å². The Balaban J connectivity index is 2.77. The lowest BCUT2D eigenvalue weighted by Crippen LogP contribution is -2.21. The largest absolute Gasteiger partial charge is 0.332 e. The number of aryl methyl sites for hydroxylation is 1. The molecule has 0 aliphatic heterocycles. The van der Waals surface area contributed by atoms with Crippen LogP contribution in [0.4, 0.5) is 0 Å². The van der Waals surface area contributed by atoms with Crippen molar-refractivity contribution >= 4 is 0 Å². The van der Waals surface area contributed by atoms with Crippen LogP contribution in [0, 0.1) is 12.8 Å². The standard InChI is InChI=1S/C9H17N3/c1-7(6-10)8(2)12-5-4-11-9(12)3/h4-5,7-8H,6,10H2,1-3H3. The van der Waals surface area contributed by atoms with Crippen molar-refractivity contribution in [1.29, 1.82) is 0 Å². The molecule has 1 aromatic heterocycles. The SMILES string of the molecule is Cc1nccn1C(C)C(C)CN. The maximum atomic E-state index is 5.60. The zero-order valence-corrected chi connectivity index (χ0v) is 7.99. The maximum absolute atomic E-state index is 5.60. The van der Waals surface area contributed by atoms with Crippen molar-refractivity contribution in [2.75, 3.05) is 6.54 Å². The van der Waals surface area contributed by atoms with E-state index in [0.29, 0.717) is 12.0 Å². The second kappa shape index (κ2) is 3.72. The number of hydrogen-bond acceptors (Lipinski definition) is 2. The first-order valence-electron chi connectivity index (χ1n) is 4.36. The highest BCUT2D eigenvalue weighted by molar-refractivity contribution is 4.92. The second-order valence-electron chi connectivity index (χ2n) is 3.34. The van der Waals surface area contributed by atoms with E-state index in [2.05, 4.69) is 23.4 Å². The number of imidazole rings is 1. The Morgan fingerprint density at radius 3 is 2.67 bits per heavy atom. The molecule has 0 aliphatic carbocycles. The third-order valence-corrected chi connectivity index (χ3v) is 2.50. The first-order valence-corrected chi connectivity index (χ1v) is 4.36. The molecule has 1 aromatic rings. The van der Waals surface area contributed by atoms with E-state index in [-0.39, 0.29) is 0 Å². The molecule has 2 unspecified atom stereocenters. The second-order valence-corrected chi connectivity index (χ2v) is 3.34. The van der Waals surface area contributed by atoms with Gasteiger partial charge in [-0.05, 0) is 26.3 Å². The Hall–Kier alpha value is -0.830. The van der Waals surface area contributed by atoms with Crippen LogP contribution in [0.5, 0.6) is 0 Å². The Morgan fingerprint density at radius 1 is 1.58 bits per heavy atom. The highest BCUT2D eigenvalue weighted by atomic mass is 15.1. The summed E-state index contributed by atoms with van der Waals surface area (Å²) >= 11 is 0. The zero-order chi connectivity index (χ0) is 9.14. The number of hydrogen-bond donors (Lipinski definition) is 1. The van der Waals surface area contributed by atoms with E-state index in [1.807, 2.05) is 19.3 Å². The molecule has 2 N–H and O–H groups in total. The van der Waals surface area contributed by atoms with E-state index >= 15 is 0 Å². The van der Waals surface area contributed by atoms with Crippen molar-refractivity contribution in [3.05, 3.63) is 18.2 Å². The number of aromatic nitrogens is 2. The predicted molar refractivity (Wildman–Crippen MR) is 49.9 cm³/mol. The van der Waals surface area contributed by atoms with Gasteiger partial charge in [0.05, 0.1) is 0 Å². The molecule has 0 fully saturated rings.